The summed E-state index contributed by atoms with van der Waals surface area (Å²) in [4.78, 5) is 17.5. The monoisotopic (exact) mass is 350 g/mol. The van der Waals surface area contributed by atoms with Crippen LogP contribution in [0.3, 0.4) is 0 Å². The number of carbonyl (C=O) groups excluding carboxylic acids is 1. The van der Waals surface area contributed by atoms with Gasteiger partial charge in [-0.2, -0.15) is 0 Å². The first-order chi connectivity index (χ1) is 11.6. The molecular formula is C18H30N4OS. The molecule has 0 saturated carbocycles. The molecule has 0 radical (unpaired) electrons. The van der Waals surface area contributed by atoms with Gasteiger partial charge >= 0.3 is 0 Å². The number of nitrogens with zero attached hydrogens (tertiary/aromatic N) is 1. The van der Waals surface area contributed by atoms with E-state index in [4.69, 9.17) is 0 Å². The first-order valence-corrected chi connectivity index (χ1v) is 9.75. The van der Waals surface area contributed by atoms with Crippen LogP contribution < -0.4 is 16.0 Å². The van der Waals surface area contributed by atoms with Gasteiger partial charge in [-0.1, -0.05) is 19.1 Å². The summed E-state index contributed by atoms with van der Waals surface area (Å²) < 4.78 is 0. The van der Waals surface area contributed by atoms with E-state index in [1.807, 2.05) is 13.8 Å². The Morgan fingerprint density at radius 2 is 1.96 bits per heavy atom. The second-order valence-corrected chi connectivity index (χ2v) is 6.39. The Bertz CT molecular complexity index is 546. The lowest BCUT2D eigenvalue weighted by molar-refractivity contribution is -0.120. The number of thioether (sulfide) groups is 1. The molecule has 134 valence electrons. The lowest BCUT2D eigenvalue weighted by Gasteiger charge is -2.12. The summed E-state index contributed by atoms with van der Waals surface area (Å²) in [5.74, 6) is 0.817. The number of aliphatic imine (C=N–C) groups is 1. The number of amides is 1. The predicted molar refractivity (Wildman–Crippen MR) is 104 cm³/mol. The summed E-state index contributed by atoms with van der Waals surface area (Å²) >= 11 is 1.74. The van der Waals surface area contributed by atoms with E-state index in [2.05, 4.69) is 52.3 Å². The third-order valence-corrected chi connectivity index (χ3v) is 4.23. The van der Waals surface area contributed by atoms with Crippen LogP contribution in [0.25, 0.3) is 0 Å². The van der Waals surface area contributed by atoms with E-state index in [0.717, 1.165) is 25.5 Å². The van der Waals surface area contributed by atoms with Crippen LogP contribution in [-0.2, 0) is 11.3 Å². The fraction of sp³-hybridized carbons (Fsp3) is 0.556. The minimum Gasteiger partial charge on any atom is -0.357 e. The van der Waals surface area contributed by atoms with Crippen LogP contribution in [0.4, 0.5) is 0 Å². The highest BCUT2D eigenvalue weighted by Crippen LogP contribution is 2.22. The molecule has 0 atom stereocenters. The van der Waals surface area contributed by atoms with Crippen molar-refractivity contribution >= 4 is 23.6 Å². The number of guanidine groups is 1. The molecule has 1 aromatic rings. The Hall–Kier alpha value is -1.69. The number of hydrogen-bond acceptors (Lipinski definition) is 3. The minimum atomic E-state index is 0.0726. The van der Waals surface area contributed by atoms with Crippen molar-refractivity contribution < 1.29 is 4.79 Å². The average Bonchev–Trinajstić information content (AvgIpc) is 2.58. The third-order valence-electron chi connectivity index (χ3n) is 3.41. The van der Waals surface area contributed by atoms with E-state index < -0.39 is 0 Å². The Morgan fingerprint density at radius 3 is 2.62 bits per heavy atom. The molecule has 0 aliphatic heterocycles. The quantitative estimate of drug-likeness (QED) is 0.364. The summed E-state index contributed by atoms with van der Waals surface area (Å²) in [6.45, 7) is 8.89. The van der Waals surface area contributed by atoms with E-state index >= 15 is 0 Å². The maximum atomic E-state index is 11.6. The van der Waals surface area contributed by atoms with Crippen molar-refractivity contribution in [3.8, 4) is 0 Å². The van der Waals surface area contributed by atoms with Gasteiger partial charge in [-0.3, -0.25) is 4.79 Å². The minimum absolute atomic E-state index is 0.0726. The molecule has 6 heteroatoms. The van der Waals surface area contributed by atoms with Gasteiger partial charge < -0.3 is 16.0 Å². The van der Waals surface area contributed by atoms with Gasteiger partial charge in [0.05, 0.1) is 6.54 Å². The molecule has 0 heterocycles. The molecule has 1 aromatic carbocycles. The van der Waals surface area contributed by atoms with Crippen molar-refractivity contribution in [2.45, 2.75) is 45.1 Å². The molecule has 24 heavy (non-hydrogen) atoms. The highest BCUT2D eigenvalue weighted by Gasteiger charge is 2.04. The van der Waals surface area contributed by atoms with Crippen molar-refractivity contribution in [1.82, 2.24) is 16.0 Å². The number of carbonyl (C=O) groups is 1. The van der Waals surface area contributed by atoms with Gasteiger partial charge in [-0.25, -0.2) is 4.99 Å². The molecule has 0 aliphatic carbocycles. The highest BCUT2D eigenvalue weighted by atomic mass is 32.2. The van der Waals surface area contributed by atoms with Gasteiger partial charge in [0.1, 0.15) is 0 Å². The predicted octanol–water partition coefficient (Wildman–Crippen LogP) is 2.69. The van der Waals surface area contributed by atoms with Gasteiger partial charge in [0, 0.05) is 31.0 Å². The summed E-state index contributed by atoms with van der Waals surface area (Å²) in [7, 11) is 0. The molecule has 0 bridgehead atoms. The normalized spacial score (nSPS) is 11.2. The standard InChI is InChI=1S/C18H30N4OS/c1-5-10-20-17(23)9-11-21-18(19-6-2)22-13-15-8-7-14(3)12-16(15)24-4/h7-8,12H,5-6,9-11,13H2,1-4H3,(H,20,23)(H2,19,21,22). The van der Waals surface area contributed by atoms with Gasteiger partial charge in [0.15, 0.2) is 5.96 Å². The molecule has 5 nitrogen and oxygen atoms in total. The van der Waals surface area contributed by atoms with E-state index in [0.29, 0.717) is 19.5 Å². The molecule has 0 unspecified atom stereocenters. The Labute approximate surface area is 150 Å². The molecule has 1 amide bonds. The lowest BCUT2D eigenvalue weighted by atomic mass is 10.1. The van der Waals surface area contributed by atoms with Crippen molar-refractivity contribution in [2.24, 2.45) is 4.99 Å². The zero-order valence-corrected chi connectivity index (χ0v) is 16.1. The zero-order valence-electron chi connectivity index (χ0n) is 15.2. The van der Waals surface area contributed by atoms with Crippen LogP contribution in [0.15, 0.2) is 28.1 Å². The Morgan fingerprint density at radius 1 is 1.17 bits per heavy atom. The summed E-state index contributed by atoms with van der Waals surface area (Å²) in [5, 5.41) is 9.31. The lowest BCUT2D eigenvalue weighted by Crippen LogP contribution is -2.39. The smallest absolute Gasteiger partial charge is 0.221 e. The average molecular weight is 351 g/mol. The van der Waals surface area contributed by atoms with Crippen molar-refractivity contribution in [2.75, 3.05) is 25.9 Å². The number of hydrogen-bond donors (Lipinski definition) is 3. The number of benzene rings is 1. The van der Waals surface area contributed by atoms with Crippen molar-refractivity contribution in [3.05, 3.63) is 29.3 Å². The largest absolute Gasteiger partial charge is 0.357 e. The molecule has 0 spiro atoms. The van der Waals surface area contributed by atoms with Gasteiger partial charge in [-0.15, -0.1) is 11.8 Å². The maximum absolute atomic E-state index is 11.6. The van der Waals surface area contributed by atoms with Crippen LogP contribution >= 0.6 is 11.8 Å². The number of rotatable bonds is 9. The van der Waals surface area contributed by atoms with E-state index in [1.54, 1.807) is 11.8 Å². The molecule has 0 aromatic heterocycles. The summed E-state index contributed by atoms with van der Waals surface area (Å²) in [6.07, 6.45) is 3.49. The molecule has 0 saturated heterocycles. The topological polar surface area (TPSA) is 65.5 Å². The Balaban J connectivity index is 2.58. The molecule has 1 rings (SSSR count). The fourth-order valence-corrected chi connectivity index (χ4v) is 2.83. The zero-order chi connectivity index (χ0) is 17.8. The molecule has 0 aliphatic rings. The van der Waals surface area contributed by atoms with Gasteiger partial charge in [0.25, 0.3) is 0 Å². The second-order valence-electron chi connectivity index (χ2n) is 5.54. The van der Waals surface area contributed by atoms with E-state index in [1.165, 1.54) is 16.0 Å². The van der Waals surface area contributed by atoms with E-state index in [-0.39, 0.29) is 5.91 Å². The highest BCUT2D eigenvalue weighted by molar-refractivity contribution is 7.98. The Kier molecular flexibility index (Phi) is 10.00. The molecule has 0 fully saturated rings. The second kappa shape index (κ2) is 11.8. The van der Waals surface area contributed by atoms with Gasteiger partial charge in [0.2, 0.25) is 5.91 Å². The SMILES string of the molecule is CCCNC(=O)CCNC(=NCc1ccc(C)cc1SC)NCC. The summed E-state index contributed by atoms with van der Waals surface area (Å²) in [5.41, 5.74) is 2.47. The van der Waals surface area contributed by atoms with Crippen LogP contribution in [0.2, 0.25) is 0 Å². The fourth-order valence-electron chi connectivity index (χ4n) is 2.14. The number of nitrogens with one attached hydrogen (secondary N) is 3. The van der Waals surface area contributed by atoms with Crippen LogP contribution in [0.1, 0.15) is 37.8 Å². The van der Waals surface area contributed by atoms with E-state index in [9.17, 15) is 4.79 Å². The van der Waals surface area contributed by atoms with Crippen LogP contribution in [0.5, 0.6) is 0 Å². The van der Waals surface area contributed by atoms with Crippen molar-refractivity contribution in [3.63, 3.8) is 0 Å². The van der Waals surface area contributed by atoms with Crippen molar-refractivity contribution in [1.29, 1.82) is 0 Å². The first-order valence-electron chi connectivity index (χ1n) is 8.53. The third kappa shape index (κ3) is 7.73. The first kappa shape index (κ1) is 20.4. The maximum Gasteiger partial charge on any atom is 0.221 e. The summed E-state index contributed by atoms with van der Waals surface area (Å²) in [6, 6.07) is 6.43. The molecule has 3 N–H and O–H groups in total. The van der Waals surface area contributed by atoms with Crippen LogP contribution in [0, 0.1) is 6.92 Å². The molecular weight excluding hydrogens is 320 g/mol. The number of aryl methyl sites for hydroxylation is 1. The van der Waals surface area contributed by atoms with Crippen LogP contribution in [-0.4, -0.2) is 37.8 Å². The van der Waals surface area contributed by atoms with Gasteiger partial charge in [-0.05, 0) is 43.7 Å².